The van der Waals surface area contributed by atoms with Gasteiger partial charge in [0.25, 0.3) is 5.91 Å². The highest BCUT2D eigenvalue weighted by atomic mass is 16.2. The molecule has 1 aliphatic heterocycles. The maximum atomic E-state index is 11.9. The number of aromatic nitrogens is 1. The van der Waals surface area contributed by atoms with Crippen LogP contribution in [0.1, 0.15) is 24.3 Å². The lowest BCUT2D eigenvalue weighted by molar-refractivity contribution is -0.118. The Morgan fingerprint density at radius 1 is 1.33 bits per heavy atom. The lowest BCUT2D eigenvalue weighted by Crippen LogP contribution is -2.45. The molecule has 1 saturated heterocycles. The molecule has 1 aliphatic rings. The second-order valence-corrected chi connectivity index (χ2v) is 5.63. The van der Waals surface area contributed by atoms with Crippen LogP contribution < -0.4 is 10.2 Å². The zero-order valence-corrected chi connectivity index (χ0v) is 12.6. The van der Waals surface area contributed by atoms with Gasteiger partial charge in [0.2, 0.25) is 6.41 Å². The van der Waals surface area contributed by atoms with Crippen LogP contribution in [0.3, 0.4) is 0 Å². The quantitative estimate of drug-likeness (QED) is 0.813. The van der Waals surface area contributed by atoms with Crippen LogP contribution in [0.5, 0.6) is 0 Å². The van der Waals surface area contributed by atoms with E-state index in [2.05, 4.69) is 29.0 Å². The Morgan fingerprint density at radius 2 is 2.05 bits per heavy atom. The number of pyridine rings is 1. The van der Waals surface area contributed by atoms with E-state index in [9.17, 15) is 9.59 Å². The largest absolute Gasteiger partial charge is 0.367 e. The van der Waals surface area contributed by atoms with E-state index in [1.54, 1.807) is 17.2 Å². The van der Waals surface area contributed by atoms with Crippen molar-refractivity contribution in [1.29, 1.82) is 0 Å². The lowest BCUT2D eigenvalue weighted by Gasteiger charge is -2.33. The monoisotopic (exact) mass is 290 g/mol. The smallest absolute Gasteiger partial charge is 0.269 e. The Morgan fingerprint density at radius 3 is 2.57 bits per heavy atom. The summed E-state index contributed by atoms with van der Waals surface area (Å²) in [6, 6.07) is 3.66. The van der Waals surface area contributed by atoms with E-state index in [1.165, 1.54) is 0 Å². The number of carbonyl (C=O) groups excluding carboxylic acids is 2. The number of hydrogen-bond donors (Lipinski definition) is 1. The van der Waals surface area contributed by atoms with Gasteiger partial charge in [-0.1, -0.05) is 13.8 Å². The van der Waals surface area contributed by atoms with Crippen LogP contribution in [-0.2, 0) is 4.79 Å². The predicted octanol–water partition coefficient (Wildman–Crippen LogP) is 0.746. The van der Waals surface area contributed by atoms with Gasteiger partial charge in [-0.2, -0.15) is 0 Å². The van der Waals surface area contributed by atoms with E-state index in [1.807, 2.05) is 6.07 Å². The maximum Gasteiger partial charge on any atom is 0.269 e. The van der Waals surface area contributed by atoms with Gasteiger partial charge >= 0.3 is 0 Å². The van der Waals surface area contributed by atoms with Crippen LogP contribution >= 0.6 is 0 Å². The predicted molar refractivity (Wildman–Crippen MR) is 81.3 cm³/mol. The number of piperazine rings is 1. The molecule has 6 nitrogen and oxygen atoms in total. The SMILES string of the molecule is CC(C)CNC(=O)c1ccc(N2CCN(C=O)CC2)cn1. The number of anilines is 1. The molecule has 1 fully saturated rings. The summed E-state index contributed by atoms with van der Waals surface area (Å²) in [7, 11) is 0. The molecule has 6 heteroatoms. The van der Waals surface area contributed by atoms with E-state index in [0.29, 0.717) is 18.2 Å². The second kappa shape index (κ2) is 7.06. The van der Waals surface area contributed by atoms with Gasteiger partial charge in [-0.15, -0.1) is 0 Å². The van der Waals surface area contributed by atoms with Crippen LogP contribution in [0.25, 0.3) is 0 Å². The molecule has 0 aromatic carbocycles. The minimum atomic E-state index is -0.138. The third kappa shape index (κ3) is 4.18. The molecule has 1 aromatic rings. The summed E-state index contributed by atoms with van der Waals surface area (Å²) >= 11 is 0. The highest BCUT2D eigenvalue weighted by Gasteiger charge is 2.16. The first-order valence-corrected chi connectivity index (χ1v) is 7.28. The van der Waals surface area contributed by atoms with Crippen molar-refractivity contribution in [3.8, 4) is 0 Å². The maximum absolute atomic E-state index is 11.9. The molecular formula is C15H22N4O2. The summed E-state index contributed by atoms with van der Waals surface area (Å²) in [6.07, 6.45) is 2.61. The zero-order chi connectivity index (χ0) is 15.2. The Balaban J connectivity index is 1.93. The van der Waals surface area contributed by atoms with Gasteiger partial charge in [0.15, 0.2) is 0 Å². The Bertz CT molecular complexity index is 479. The van der Waals surface area contributed by atoms with Gasteiger partial charge in [0, 0.05) is 32.7 Å². The van der Waals surface area contributed by atoms with E-state index >= 15 is 0 Å². The number of hydrogen-bond acceptors (Lipinski definition) is 4. The van der Waals surface area contributed by atoms with Crippen molar-refractivity contribution in [2.24, 2.45) is 5.92 Å². The van der Waals surface area contributed by atoms with Crippen molar-refractivity contribution in [1.82, 2.24) is 15.2 Å². The fourth-order valence-electron chi connectivity index (χ4n) is 2.18. The molecule has 0 spiro atoms. The molecule has 21 heavy (non-hydrogen) atoms. The van der Waals surface area contributed by atoms with Crippen LogP contribution in [0.4, 0.5) is 5.69 Å². The van der Waals surface area contributed by atoms with E-state index in [0.717, 1.165) is 38.3 Å². The number of amides is 2. The van der Waals surface area contributed by atoms with Crippen molar-refractivity contribution < 1.29 is 9.59 Å². The van der Waals surface area contributed by atoms with E-state index in [4.69, 9.17) is 0 Å². The summed E-state index contributed by atoms with van der Waals surface area (Å²) in [6.45, 7) is 7.78. The average Bonchev–Trinajstić information content (AvgIpc) is 2.53. The Kier molecular flexibility index (Phi) is 5.14. The standard InChI is InChI=1S/C15H22N4O2/c1-12(2)9-17-15(21)14-4-3-13(10-16-14)19-7-5-18(11-20)6-8-19/h3-4,10-12H,5-9H2,1-2H3,(H,17,21). The minimum absolute atomic E-state index is 0.138. The molecule has 0 saturated carbocycles. The van der Waals surface area contributed by atoms with Gasteiger partial charge in [0.05, 0.1) is 11.9 Å². The van der Waals surface area contributed by atoms with Gasteiger partial charge in [0.1, 0.15) is 5.69 Å². The van der Waals surface area contributed by atoms with Crippen LogP contribution in [-0.4, -0.2) is 54.9 Å². The first-order chi connectivity index (χ1) is 10.1. The highest BCUT2D eigenvalue weighted by molar-refractivity contribution is 5.92. The topological polar surface area (TPSA) is 65.5 Å². The van der Waals surface area contributed by atoms with Crippen molar-refractivity contribution in [2.45, 2.75) is 13.8 Å². The number of nitrogens with one attached hydrogen (secondary N) is 1. The number of carbonyl (C=O) groups is 2. The Hall–Kier alpha value is -2.11. The summed E-state index contributed by atoms with van der Waals surface area (Å²) in [4.78, 5) is 30.7. The fourth-order valence-corrected chi connectivity index (χ4v) is 2.18. The number of nitrogens with zero attached hydrogens (tertiary/aromatic N) is 3. The van der Waals surface area contributed by atoms with Crippen molar-refractivity contribution >= 4 is 18.0 Å². The molecule has 1 aromatic heterocycles. The molecule has 2 heterocycles. The summed E-state index contributed by atoms with van der Waals surface area (Å²) in [5.74, 6) is 0.281. The van der Waals surface area contributed by atoms with Gasteiger partial charge in [-0.25, -0.2) is 4.98 Å². The first-order valence-electron chi connectivity index (χ1n) is 7.28. The minimum Gasteiger partial charge on any atom is -0.367 e. The van der Waals surface area contributed by atoms with Crippen molar-refractivity contribution in [2.75, 3.05) is 37.6 Å². The van der Waals surface area contributed by atoms with Crippen molar-refractivity contribution in [3.63, 3.8) is 0 Å². The summed E-state index contributed by atoms with van der Waals surface area (Å²) in [5.41, 5.74) is 1.42. The lowest BCUT2D eigenvalue weighted by atomic mass is 10.2. The molecule has 0 aliphatic carbocycles. The van der Waals surface area contributed by atoms with Crippen molar-refractivity contribution in [3.05, 3.63) is 24.0 Å². The van der Waals surface area contributed by atoms with E-state index in [-0.39, 0.29) is 5.91 Å². The summed E-state index contributed by atoms with van der Waals surface area (Å²) in [5, 5.41) is 2.85. The molecule has 0 atom stereocenters. The summed E-state index contributed by atoms with van der Waals surface area (Å²) < 4.78 is 0. The second-order valence-electron chi connectivity index (χ2n) is 5.63. The molecule has 1 N–H and O–H groups in total. The zero-order valence-electron chi connectivity index (χ0n) is 12.6. The average molecular weight is 290 g/mol. The molecule has 114 valence electrons. The first kappa shape index (κ1) is 15.3. The van der Waals surface area contributed by atoms with Crippen LogP contribution in [0, 0.1) is 5.92 Å². The third-order valence-electron chi connectivity index (χ3n) is 3.48. The fraction of sp³-hybridized carbons (Fsp3) is 0.533. The van der Waals surface area contributed by atoms with Crippen LogP contribution in [0.15, 0.2) is 18.3 Å². The molecule has 0 bridgehead atoms. The third-order valence-corrected chi connectivity index (χ3v) is 3.48. The molecule has 2 rings (SSSR count). The number of rotatable bonds is 5. The molecule has 2 amide bonds. The van der Waals surface area contributed by atoms with Gasteiger partial charge in [-0.3, -0.25) is 9.59 Å². The Labute approximate surface area is 125 Å². The van der Waals surface area contributed by atoms with Gasteiger partial charge in [-0.05, 0) is 18.1 Å². The van der Waals surface area contributed by atoms with E-state index < -0.39 is 0 Å². The highest BCUT2D eigenvalue weighted by Crippen LogP contribution is 2.15. The molecular weight excluding hydrogens is 268 g/mol. The van der Waals surface area contributed by atoms with Gasteiger partial charge < -0.3 is 15.1 Å². The molecule has 0 unspecified atom stereocenters. The van der Waals surface area contributed by atoms with Crippen LogP contribution in [0.2, 0.25) is 0 Å². The normalized spacial score (nSPS) is 15.2. The molecule has 0 radical (unpaired) electrons.